The number of carbonyl (C=O) groups is 2. The van der Waals surface area contributed by atoms with E-state index in [9.17, 15) is 9.59 Å². The second-order valence-electron chi connectivity index (χ2n) is 3.86. The summed E-state index contributed by atoms with van der Waals surface area (Å²) in [6.45, 7) is 1.47. The molecule has 94 valence electrons. The van der Waals surface area contributed by atoms with Crippen molar-refractivity contribution in [3.63, 3.8) is 0 Å². The third kappa shape index (κ3) is 3.06. The monoisotopic (exact) mass is 270 g/mol. The van der Waals surface area contributed by atoms with Gasteiger partial charge in [-0.05, 0) is 43.3 Å². The van der Waals surface area contributed by atoms with E-state index in [4.69, 9.17) is 5.26 Å². The Morgan fingerprint density at radius 1 is 1.11 bits per heavy atom. The van der Waals surface area contributed by atoms with Crippen LogP contribution in [0.25, 0.3) is 0 Å². The predicted octanol–water partition coefficient (Wildman–Crippen LogP) is 3.07. The second kappa shape index (κ2) is 5.46. The number of nitriles is 1. The summed E-state index contributed by atoms with van der Waals surface area (Å²) in [6, 6.07) is 11.9. The predicted molar refractivity (Wildman–Crippen MR) is 73.4 cm³/mol. The fraction of sp³-hybridized carbons (Fsp3) is 0.0714. The zero-order valence-electron chi connectivity index (χ0n) is 10.1. The Hall–Kier alpha value is -2.45. The van der Waals surface area contributed by atoms with Crippen molar-refractivity contribution in [2.24, 2.45) is 0 Å². The van der Waals surface area contributed by atoms with E-state index in [1.54, 1.807) is 36.4 Å². The molecule has 0 aliphatic rings. The lowest BCUT2D eigenvalue weighted by atomic mass is 10.2. The number of nitrogens with one attached hydrogen (secondary N) is 1. The average molecular weight is 270 g/mol. The number of rotatable bonds is 3. The summed E-state index contributed by atoms with van der Waals surface area (Å²) in [5, 5.41) is 11.4. The maximum absolute atomic E-state index is 11.9. The first-order valence-electron chi connectivity index (χ1n) is 5.52. The van der Waals surface area contributed by atoms with Gasteiger partial charge in [0.1, 0.15) is 0 Å². The highest BCUT2D eigenvalue weighted by atomic mass is 32.1. The largest absolute Gasteiger partial charge is 0.321 e. The van der Waals surface area contributed by atoms with Gasteiger partial charge in [-0.15, -0.1) is 11.3 Å². The Morgan fingerprint density at radius 3 is 2.26 bits per heavy atom. The van der Waals surface area contributed by atoms with Crippen LogP contribution in [0, 0.1) is 11.3 Å². The smallest absolute Gasteiger partial charge is 0.265 e. The number of ketones is 1. The van der Waals surface area contributed by atoms with E-state index in [1.807, 2.05) is 6.07 Å². The van der Waals surface area contributed by atoms with Gasteiger partial charge in [0.05, 0.1) is 21.4 Å². The zero-order chi connectivity index (χ0) is 13.8. The fourth-order valence-corrected chi connectivity index (χ4v) is 2.27. The summed E-state index contributed by atoms with van der Waals surface area (Å²) < 4.78 is 0. The van der Waals surface area contributed by atoms with Gasteiger partial charge in [0.25, 0.3) is 5.91 Å². The summed E-state index contributed by atoms with van der Waals surface area (Å²) in [6.07, 6.45) is 0. The number of hydrogen-bond acceptors (Lipinski definition) is 4. The van der Waals surface area contributed by atoms with Crippen molar-refractivity contribution in [2.75, 3.05) is 5.32 Å². The van der Waals surface area contributed by atoms with Crippen molar-refractivity contribution in [1.82, 2.24) is 0 Å². The summed E-state index contributed by atoms with van der Waals surface area (Å²) in [5.41, 5.74) is 1.15. The minimum Gasteiger partial charge on any atom is -0.321 e. The van der Waals surface area contributed by atoms with E-state index in [0.717, 1.165) is 11.3 Å². The van der Waals surface area contributed by atoms with Crippen LogP contribution in [0.5, 0.6) is 0 Å². The Labute approximate surface area is 114 Å². The second-order valence-corrected chi connectivity index (χ2v) is 4.95. The van der Waals surface area contributed by atoms with Crippen molar-refractivity contribution in [3.8, 4) is 6.07 Å². The third-order valence-corrected chi connectivity index (χ3v) is 3.63. The Kier molecular flexibility index (Phi) is 3.74. The van der Waals surface area contributed by atoms with Gasteiger partial charge < -0.3 is 5.32 Å². The van der Waals surface area contributed by atoms with Gasteiger partial charge in [0, 0.05) is 5.69 Å². The van der Waals surface area contributed by atoms with Crippen LogP contribution in [0.15, 0.2) is 36.4 Å². The Morgan fingerprint density at radius 2 is 1.74 bits per heavy atom. The number of amides is 1. The maximum Gasteiger partial charge on any atom is 0.265 e. The van der Waals surface area contributed by atoms with Gasteiger partial charge in [-0.25, -0.2) is 0 Å². The number of Topliss-reactive ketones (excluding diaryl/α,β-unsaturated/α-hetero) is 1. The third-order valence-electron chi connectivity index (χ3n) is 2.45. The minimum atomic E-state index is -0.262. The topological polar surface area (TPSA) is 70.0 Å². The summed E-state index contributed by atoms with van der Waals surface area (Å²) >= 11 is 1.16. The van der Waals surface area contributed by atoms with E-state index in [0.29, 0.717) is 21.0 Å². The molecule has 19 heavy (non-hydrogen) atoms. The molecule has 1 aromatic heterocycles. The van der Waals surface area contributed by atoms with Crippen molar-refractivity contribution in [2.45, 2.75) is 6.92 Å². The molecule has 2 aromatic rings. The van der Waals surface area contributed by atoms with Gasteiger partial charge in [-0.3, -0.25) is 9.59 Å². The van der Waals surface area contributed by atoms with Crippen LogP contribution in [0.2, 0.25) is 0 Å². The van der Waals surface area contributed by atoms with Crippen LogP contribution in [-0.2, 0) is 0 Å². The molecular weight excluding hydrogens is 260 g/mol. The van der Waals surface area contributed by atoms with E-state index < -0.39 is 0 Å². The first-order valence-corrected chi connectivity index (χ1v) is 6.34. The molecule has 0 aliphatic heterocycles. The van der Waals surface area contributed by atoms with Crippen molar-refractivity contribution >= 4 is 28.7 Å². The number of benzene rings is 1. The molecule has 0 saturated carbocycles. The molecule has 0 unspecified atom stereocenters. The molecular formula is C14H10N2O2S. The lowest BCUT2D eigenvalue weighted by Gasteiger charge is -2.02. The van der Waals surface area contributed by atoms with E-state index >= 15 is 0 Å². The van der Waals surface area contributed by atoms with E-state index in [2.05, 4.69) is 5.32 Å². The Balaban J connectivity index is 2.11. The normalized spacial score (nSPS) is 9.68. The van der Waals surface area contributed by atoms with Gasteiger partial charge in [-0.1, -0.05) is 0 Å². The lowest BCUT2D eigenvalue weighted by molar-refractivity contribution is 0.101. The standard InChI is InChI=1S/C14H10N2O2S/c1-9(17)12-6-7-13(19-12)14(18)16-11-4-2-10(8-15)3-5-11/h2-7H,1H3,(H,16,18). The number of carbonyl (C=O) groups excluding carboxylic acids is 2. The first kappa shape index (κ1) is 13.0. The zero-order valence-corrected chi connectivity index (χ0v) is 11.0. The molecule has 0 bridgehead atoms. The van der Waals surface area contributed by atoms with E-state index in [-0.39, 0.29) is 11.7 Å². The van der Waals surface area contributed by atoms with Crippen LogP contribution in [0.1, 0.15) is 31.8 Å². The minimum absolute atomic E-state index is 0.0533. The molecule has 0 aliphatic carbocycles. The molecule has 0 saturated heterocycles. The Bertz CT molecular complexity index is 665. The van der Waals surface area contributed by atoms with E-state index in [1.165, 1.54) is 6.92 Å². The highest BCUT2D eigenvalue weighted by Crippen LogP contribution is 2.19. The molecule has 0 spiro atoms. The molecule has 4 nitrogen and oxygen atoms in total. The maximum atomic E-state index is 11.9. The van der Waals surface area contributed by atoms with Crippen LogP contribution < -0.4 is 5.32 Å². The molecule has 0 fully saturated rings. The molecule has 2 rings (SSSR count). The molecule has 5 heteroatoms. The van der Waals surface area contributed by atoms with Gasteiger partial charge in [0.2, 0.25) is 0 Å². The summed E-state index contributed by atoms with van der Waals surface area (Å²) in [4.78, 5) is 24.1. The number of hydrogen-bond donors (Lipinski definition) is 1. The summed E-state index contributed by atoms with van der Waals surface area (Å²) in [7, 11) is 0. The number of anilines is 1. The molecule has 1 amide bonds. The van der Waals surface area contributed by atoms with Gasteiger partial charge in [0.15, 0.2) is 5.78 Å². The molecule has 0 atom stereocenters. The van der Waals surface area contributed by atoms with Crippen molar-refractivity contribution in [3.05, 3.63) is 51.7 Å². The highest BCUT2D eigenvalue weighted by Gasteiger charge is 2.11. The highest BCUT2D eigenvalue weighted by molar-refractivity contribution is 7.16. The van der Waals surface area contributed by atoms with Crippen LogP contribution in [-0.4, -0.2) is 11.7 Å². The lowest BCUT2D eigenvalue weighted by Crippen LogP contribution is -2.09. The molecule has 0 radical (unpaired) electrons. The van der Waals surface area contributed by atoms with Crippen molar-refractivity contribution in [1.29, 1.82) is 5.26 Å². The summed E-state index contributed by atoms with van der Waals surface area (Å²) in [5.74, 6) is -0.315. The quantitative estimate of drug-likeness (QED) is 0.871. The number of thiophene rings is 1. The first-order chi connectivity index (χ1) is 9.10. The molecule has 1 aromatic carbocycles. The van der Waals surface area contributed by atoms with Crippen LogP contribution in [0.3, 0.4) is 0 Å². The number of nitrogens with zero attached hydrogens (tertiary/aromatic N) is 1. The van der Waals surface area contributed by atoms with Crippen molar-refractivity contribution < 1.29 is 9.59 Å². The van der Waals surface area contributed by atoms with Crippen LogP contribution in [0.4, 0.5) is 5.69 Å². The van der Waals surface area contributed by atoms with Crippen LogP contribution >= 0.6 is 11.3 Å². The molecule has 1 N–H and O–H groups in total. The SMILES string of the molecule is CC(=O)c1ccc(C(=O)Nc2ccc(C#N)cc2)s1. The molecule has 1 heterocycles. The van der Waals surface area contributed by atoms with Gasteiger partial charge >= 0.3 is 0 Å². The average Bonchev–Trinajstić information content (AvgIpc) is 2.89. The van der Waals surface area contributed by atoms with Gasteiger partial charge in [-0.2, -0.15) is 5.26 Å². The fourth-order valence-electron chi connectivity index (χ4n) is 1.47.